The highest BCUT2D eigenvalue weighted by Gasteiger charge is 2.09. The monoisotopic (exact) mass is 299 g/mol. The van der Waals surface area contributed by atoms with Gasteiger partial charge in [-0.1, -0.05) is 13.3 Å². The third kappa shape index (κ3) is 7.08. The van der Waals surface area contributed by atoms with Gasteiger partial charge in [-0.05, 0) is 18.8 Å². The van der Waals surface area contributed by atoms with Gasteiger partial charge in [0.15, 0.2) is 0 Å². The summed E-state index contributed by atoms with van der Waals surface area (Å²) in [5.41, 5.74) is 2.57. The zero-order chi connectivity index (χ0) is 14.8. The fraction of sp³-hybridized carbons (Fsp3) is 0.615. The van der Waals surface area contributed by atoms with Crippen LogP contribution in [0.5, 0.6) is 0 Å². The Morgan fingerprint density at radius 3 is 2.80 bits per heavy atom. The van der Waals surface area contributed by atoms with E-state index in [1.807, 2.05) is 12.3 Å². The Morgan fingerprint density at radius 2 is 2.20 bits per heavy atom. The second-order valence-electron chi connectivity index (χ2n) is 4.58. The fourth-order valence-electron chi connectivity index (χ4n) is 1.83. The number of urea groups is 1. The van der Waals surface area contributed by atoms with Crippen LogP contribution in [0.3, 0.4) is 0 Å². The summed E-state index contributed by atoms with van der Waals surface area (Å²) in [5, 5.41) is 16.0. The molecule has 20 heavy (non-hydrogen) atoms. The Morgan fingerprint density at radius 1 is 1.40 bits per heavy atom. The van der Waals surface area contributed by atoms with Gasteiger partial charge in [-0.3, -0.25) is 4.79 Å². The summed E-state index contributed by atoms with van der Waals surface area (Å²) in [6, 6.07) is -0.217. The molecule has 7 heteroatoms. The van der Waals surface area contributed by atoms with Gasteiger partial charge in [-0.2, -0.15) is 0 Å². The maximum atomic E-state index is 11.5. The van der Waals surface area contributed by atoms with Crippen LogP contribution in [0.15, 0.2) is 10.9 Å². The molecule has 1 atom stereocenters. The highest BCUT2D eigenvalue weighted by atomic mass is 32.1. The number of carboxylic acids is 1. The van der Waals surface area contributed by atoms with Gasteiger partial charge in [-0.15, -0.1) is 11.3 Å². The van der Waals surface area contributed by atoms with Crippen molar-refractivity contribution in [3.8, 4) is 0 Å². The molecule has 0 radical (unpaired) electrons. The Kier molecular flexibility index (Phi) is 7.64. The number of hydrogen-bond acceptors (Lipinski definition) is 4. The number of nitrogens with zero attached hydrogens (tertiary/aromatic N) is 1. The van der Waals surface area contributed by atoms with Gasteiger partial charge in [0.2, 0.25) is 0 Å². The number of nitrogens with one attached hydrogen (secondary N) is 2. The van der Waals surface area contributed by atoms with E-state index >= 15 is 0 Å². The standard InChI is InChI=1S/C13H21N3O3S/c1-2-10(3-4-12(17)18)5-6-14-13(19)15-7-11-8-20-9-16-11/h8-10H,2-7H2,1H3,(H,17,18)(H2,14,15,19). The van der Waals surface area contributed by atoms with Crippen molar-refractivity contribution in [1.29, 1.82) is 0 Å². The van der Waals surface area contributed by atoms with Gasteiger partial charge < -0.3 is 15.7 Å². The quantitative estimate of drug-likeness (QED) is 0.652. The molecule has 0 aliphatic carbocycles. The van der Waals surface area contributed by atoms with E-state index in [2.05, 4.69) is 15.6 Å². The normalized spacial score (nSPS) is 11.8. The van der Waals surface area contributed by atoms with E-state index in [0.29, 0.717) is 25.4 Å². The summed E-state index contributed by atoms with van der Waals surface area (Å²) >= 11 is 1.49. The lowest BCUT2D eigenvalue weighted by Gasteiger charge is -2.14. The highest BCUT2D eigenvalue weighted by molar-refractivity contribution is 7.07. The predicted octanol–water partition coefficient (Wildman–Crippen LogP) is 2.22. The minimum absolute atomic E-state index is 0.189. The van der Waals surface area contributed by atoms with Gasteiger partial charge in [0.1, 0.15) is 0 Å². The van der Waals surface area contributed by atoms with Crippen LogP contribution in [0.25, 0.3) is 0 Å². The van der Waals surface area contributed by atoms with Crippen LogP contribution in [0, 0.1) is 5.92 Å². The number of thiazole rings is 1. The molecule has 1 aromatic heterocycles. The van der Waals surface area contributed by atoms with Crippen molar-refractivity contribution >= 4 is 23.3 Å². The van der Waals surface area contributed by atoms with Crippen molar-refractivity contribution in [3.63, 3.8) is 0 Å². The largest absolute Gasteiger partial charge is 0.481 e. The molecule has 2 amide bonds. The van der Waals surface area contributed by atoms with Crippen LogP contribution in [0.2, 0.25) is 0 Å². The van der Waals surface area contributed by atoms with Crippen LogP contribution in [-0.2, 0) is 11.3 Å². The van der Waals surface area contributed by atoms with Crippen LogP contribution in [0.4, 0.5) is 4.79 Å². The number of aromatic nitrogens is 1. The van der Waals surface area contributed by atoms with Crippen molar-refractivity contribution in [1.82, 2.24) is 15.6 Å². The molecule has 1 aromatic rings. The molecule has 0 aliphatic rings. The SMILES string of the molecule is CCC(CCNC(=O)NCc1cscn1)CCC(=O)O. The van der Waals surface area contributed by atoms with E-state index in [1.165, 1.54) is 11.3 Å². The van der Waals surface area contributed by atoms with Gasteiger partial charge in [0, 0.05) is 18.3 Å². The minimum Gasteiger partial charge on any atom is -0.481 e. The predicted molar refractivity (Wildman–Crippen MR) is 77.6 cm³/mol. The summed E-state index contributed by atoms with van der Waals surface area (Å²) in [6.07, 6.45) is 2.58. The third-order valence-electron chi connectivity index (χ3n) is 3.10. The van der Waals surface area contributed by atoms with Gasteiger partial charge >= 0.3 is 12.0 Å². The van der Waals surface area contributed by atoms with Gasteiger partial charge in [-0.25, -0.2) is 9.78 Å². The molecule has 1 rings (SSSR count). The molecular formula is C13H21N3O3S. The molecule has 112 valence electrons. The molecule has 0 fully saturated rings. The second kappa shape index (κ2) is 9.30. The summed E-state index contributed by atoms with van der Waals surface area (Å²) < 4.78 is 0. The molecule has 0 aromatic carbocycles. The first-order chi connectivity index (χ1) is 9.61. The lowest BCUT2D eigenvalue weighted by Crippen LogP contribution is -2.36. The molecule has 0 saturated heterocycles. The molecule has 0 bridgehead atoms. The van der Waals surface area contributed by atoms with Crippen molar-refractivity contribution in [3.05, 3.63) is 16.6 Å². The molecule has 1 heterocycles. The summed E-state index contributed by atoms with van der Waals surface area (Å²) in [5.74, 6) is -0.428. The molecule has 6 nitrogen and oxygen atoms in total. The summed E-state index contributed by atoms with van der Waals surface area (Å²) in [7, 11) is 0. The van der Waals surface area contributed by atoms with E-state index in [1.54, 1.807) is 5.51 Å². The fourth-order valence-corrected chi connectivity index (χ4v) is 2.39. The number of rotatable bonds is 9. The smallest absolute Gasteiger partial charge is 0.315 e. The zero-order valence-corrected chi connectivity index (χ0v) is 12.4. The molecule has 0 aliphatic heterocycles. The van der Waals surface area contributed by atoms with Crippen molar-refractivity contribution in [2.45, 2.75) is 39.2 Å². The Hall–Kier alpha value is -1.63. The topological polar surface area (TPSA) is 91.3 Å². The van der Waals surface area contributed by atoms with Crippen LogP contribution in [-0.4, -0.2) is 28.6 Å². The minimum atomic E-state index is -0.766. The maximum Gasteiger partial charge on any atom is 0.315 e. The van der Waals surface area contributed by atoms with E-state index < -0.39 is 5.97 Å². The maximum absolute atomic E-state index is 11.5. The molecule has 1 unspecified atom stereocenters. The van der Waals surface area contributed by atoms with Crippen molar-refractivity contribution in [2.75, 3.05) is 6.54 Å². The van der Waals surface area contributed by atoms with Crippen LogP contribution < -0.4 is 10.6 Å². The van der Waals surface area contributed by atoms with Crippen molar-refractivity contribution in [2.24, 2.45) is 5.92 Å². The van der Waals surface area contributed by atoms with Gasteiger partial charge in [0.05, 0.1) is 17.7 Å². The number of aliphatic carboxylic acids is 1. The molecule has 0 saturated carbocycles. The first-order valence-electron chi connectivity index (χ1n) is 6.72. The van der Waals surface area contributed by atoms with E-state index in [-0.39, 0.29) is 12.5 Å². The number of carbonyl (C=O) groups excluding carboxylic acids is 1. The average molecular weight is 299 g/mol. The number of carboxylic acid groups (broad SMARTS) is 1. The lowest BCUT2D eigenvalue weighted by atomic mass is 9.97. The van der Waals surface area contributed by atoms with Crippen molar-refractivity contribution < 1.29 is 14.7 Å². The lowest BCUT2D eigenvalue weighted by molar-refractivity contribution is -0.137. The highest BCUT2D eigenvalue weighted by Crippen LogP contribution is 2.14. The third-order valence-corrected chi connectivity index (χ3v) is 3.73. The molecular weight excluding hydrogens is 278 g/mol. The first kappa shape index (κ1) is 16.4. The number of amides is 2. The zero-order valence-electron chi connectivity index (χ0n) is 11.6. The molecule has 0 spiro atoms. The molecule has 3 N–H and O–H groups in total. The Balaban J connectivity index is 2.11. The van der Waals surface area contributed by atoms with Gasteiger partial charge in [0.25, 0.3) is 0 Å². The second-order valence-corrected chi connectivity index (χ2v) is 5.30. The summed E-state index contributed by atoms with van der Waals surface area (Å²) in [4.78, 5) is 26.1. The van der Waals surface area contributed by atoms with Crippen LogP contribution >= 0.6 is 11.3 Å². The number of hydrogen-bond donors (Lipinski definition) is 3. The van der Waals surface area contributed by atoms with Crippen LogP contribution in [0.1, 0.15) is 38.3 Å². The van der Waals surface area contributed by atoms with E-state index in [9.17, 15) is 9.59 Å². The number of carbonyl (C=O) groups is 2. The van der Waals surface area contributed by atoms with E-state index in [0.717, 1.165) is 18.5 Å². The van der Waals surface area contributed by atoms with E-state index in [4.69, 9.17) is 5.11 Å². The first-order valence-corrected chi connectivity index (χ1v) is 7.66. The Bertz CT molecular complexity index is 409. The average Bonchev–Trinajstić information content (AvgIpc) is 2.93. The Labute approximate surface area is 122 Å². The summed E-state index contributed by atoms with van der Waals surface area (Å²) in [6.45, 7) is 3.02.